The second kappa shape index (κ2) is 16.4. The van der Waals surface area contributed by atoms with Crippen LogP contribution in [0.15, 0.2) is 0 Å². The number of likely N-dealkylation sites (N-methyl/N-ethyl adjacent to an activating group) is 2. The van der Waals surface area contributed by atoms with Gasteiger partial charge in [0.05, 0.1) is 6.54 Å². The van der Waals surface area contributed by atoms with E-state index in [4.69, 9.17) is 0 Å². The van der Waals surface area contributed by atoms with E-state index in [1.807, 2.05) is 25.7 Å². The van der Waals surface area contributed by atoms with Crippen molar-refractivity contribution >= 4 is 5.91 Å². The fraction of sp³-hybridized carbons (Fsp3) is 0.944. The maximum absolute atomic E-state index is 12.3. The summed E-state index contributed by atoms with van der Waals surface area (Å²) in [7, 11) is 1.80. The zero-order valence-corrected chi connectivity index (χ0v) is 18.2. The largest absolute Gasteiger partial charge is 0.664 e. The molecule has 0 aromatic carbocycles. The standard InChI is InChI=1S/C16H33N4O.C2H6.V/c1-5-20(9-7-17-4)16(21)14-19-12-10-18(11-13-19)8-6-15(2)3;1-2;/h15H,5-14H2,1-4H3;1-2H3;/q-1;;. The summed E-state index contributed by atoms with van der Waals surface area (Å²) in [5.74, 6) is 1.02. The molecule has 1 radical (unpaired) electrons. The normalized spacial score (nSPS) is 15.5. The van der Waals surface area contributed by atoms with Crippen molar-refractivity contribution in [1.29, 1.82) is 0 Å². The van der Waals surface area contributed by atoms with Crippen LogP contribution in [0.5, 0.6) is 0 Å². The number of amides is 1. The van der Waals surface area contributed by atoms with Gasteiger partial charge >= 0.3 is 0 Å². The van der Waals surface area contributed by atoms with Gasteiger partial charge in [0.1, 0.15) is 0 Å². The molecule has 0 spiro atoms. The Hall–Kier alpha value is -0.0656. The summed E-state index contributed by atoms with van der Waals surface area (Å²) < 4.78 is 0. The monoisotopic (exact) mass is 378 g/mol. The van der Waals surface area contributed by atoms with Gasteiger partial charge in [0.15, 0.2) is 0 Å². The van der Waals surface area contributed by atoms with Gasteiger partial charge in [0.2, 0.25) is 5.91 Å². The van der Waals surface area contributed by atoms with Gasteiger partial charge in [0, 0.05) is 57.8 Å². The molecular formula is C18H39N4OV-. The predicted molar refractivity (Wildman–Crippen MR) is 100 cm³/mol. The second-order valence-electron chi connectivity index (χ2n) is 6.31. The van der Waals surface area contributed by atoms with E-state index in [0.717, 1.165) is 51.7 Å². The quantitative estimate of drug-likeness (QED) is 0.619. The Bertz CT molecular complexity index is 295. The minimum Gasteiger partial charge on any atom is -0.664 e. The van der Waals surface area contributed by atoms with Gasteiger partial charge in [-0.15, -0.1) is 6.54 Å². The number of rotatable bonds is 9. The van der Waals surface area contributed by atoms with Crippen molar-refractivity contribution in [2.24, 2.45) is 5.92 Å². The molecule has 24 heavy (non-hydrogen) atoms. The van der Waals surface area contributed by atoms with Crippen LogP contribution in [0.3, 0.4) is 0 Å². The van der Waals surface area contributed by atoms with Crippen molar-refractivity contribution in [3.63, 3.8) is 0 Å². The molecule has 1 aliphatic rings. The average molecular weight is 378 g/mol. The Morgan fingerprint density at radius 1 is 1.12 bits per heavy atom. The Labute approximate surface area is 162 Å². The van der Waals surface area contributed by atoms with Crippen LogP contribution in [-0.2, 0) is 23.4 Å². The number of carbonyl (C=O) groups excluding carboxylic acids is 1. The van der Waals surface area contributed by atoms with Crippen LogP contribution in [0, 0.1) is 5.92 Å². The summed E-state index contributed by atoms with van der Waals surface area (Å²) in [6, 6.07) is 0. The van der Waals surface area contributed by atoms with Crippen LogP contribution in [0.4, 0.5) is 0 Å². The summed E-state index contributed by atoms with van der Waals surface area (Å²) in [6.45, 7) is 18.8. The van der Waals surface area contributed by atoms with E-state index >= 15 is 0 Å². The van der Waals surface area contributed by atoms with Gasteiger partial charge in [-0.2, -0.15) is 7.05 Å². The maximum Gasteiger partial charge on any atom is 0.236 e. The van der Waals surface area contributed by atoms with Crippen LogP contribution in [0.1, 0.15) is 41.0 Å². The van der Waals surface area contributed by atoms with Crippen LogP contribution in [0.25, 0.3) is 5.32 Å². The molecule has 0 aliphatic carbocycles. The Morgan fingerprint density at radius 2 is 1.67 bits per heavy atom. The third-order valence-corrected chi connectivity index (χ3v) is 4.17. The van der Waals surface area contributed by atoms with E-state index in [1.54, 1.807) is 7.05 Å². The molecule has 0 aromatic heterocycles. The molecule has 0 atom stereocenters. The van der Waals surface area contributed by atoms with Gasteiger partial charge in [-0.1, -0.05) is 27.7 Å². The number of hydrogen-bond donors (Lipinski definition) is 0. The molecule has 0 N–H and O–H groups in total. The molecule has 1 heterocycles. The first-order valence-corrected chi connectivity index (χ1v) is 9.34. The zero-order valence-electron chi connectivity index (χ0n) is 16.8. The van der Waals surface area contributed by atoms with E-state index in [1.165, 1.54) is 13.0 Å². The maximum atomic E-state index is 12.3. The first-order valence-electron chi connectivity index (χ1n) is 9.34. The summed E-state index contributed by atoms with van der Waals surface area (Å²) in [5, 5.41) is 4.08. The number of nitrogens with zero attached hydrogens (tertiary/aromatic N) is 4. The summed E-state index contributed by atoms with van der Waals surface area (Å²) in [6.07, 6.45) is 1.27. The first-order chi connectivity index (χ1) is 11.1. The second-order valence-corrected chi connectivity index (χ2v) is 6.31. The van der Waals surface area contributed by atoms with Crippen LogP contribution in [0.2, 0.25) is 0 Å². The molecule has 143 valence electrons. The molecule has 1 saturated heterocycles. The van der Waals surface area contributed by atoms with Gasteiger partial charge in [-0.05, 0) is 25.8 Å². The number of hydrogen-bond acceptors (Lipinski definition) is 3. The predicted octanol–water partition coefficient (Wildman–Crippen LogP) is 2.53. The molecule has 0 aromatic rings. The summed E-state index contributed by atoms with van der Waals surface area (Å²) >= 11 is 0. The summed E-state index contributed by atoms with van der Waals surface area (Å²) in [4.78, 5) is 19.0. The molecule has 0 unspecified atom stereocenters. The van der Waals surface area contributed by atoms with Crippen molar-refractivity contribution in [2.75, 3.05) is 66.0 Å². The topological polar surface area (TPSA) is 40.9 Å². The molecule has 5 nitrogen and oxygen atoms in total. The fourth-order valence-electron chi connectivity index (χ4n) is 2.58. The van der Waals surface area contributed by atoms with E-state index < -0.39 is 0 Å². The number of piperazine rings is 1. The van der Waals surface area contributed by atoms with Crippen molar-refractivity contribution in [2.45, 2.75) is 41.0 Å². The SMILES string of the molecule is CC.CCN(CC[N-]C)C(=O)CN1CCN(CCC(C)C)CC1.[V]. The van der Waals surface area contributed by atoms with Gasteiger partial charge in [-0.3, -0.25) is 9.69 Å². The third-order valence-electron chi connectivity index (χ3n) is 4.17. The molecule has 0 bridgehead atoms. The fourth-order valence-corrected chi connectivity index (χ4v) is 2.58. The van der Waals surface area contributed by atoms with E-state index in [0.29, 0.717) is 6.54 Å². The van der Waals surface area contributed by atoms with Crippen LogP contribution >= 0.6 is 0 Å². The van der Waals surface area contributed by atoms with Gasteiger partial charge in [0.25, 0.3) is 0 Å². The Balaban J connectivity index is 0. The first kappa shape index (κ1) is 26.2. The smallest absolute Gasteiger partial charge is 0.236 e. The Morgan fingerprint density at radius 3 is 2.12 bits per heavy atom. The molecule has 0 saturated carbocycles. The van der Waals surface area contributed by atoms with Crippen molar-refractivity contribution < 1.29 is 23.4 Å². The molecule has 1 rings (SSSR count). The zero-order chi connectivity index (χ0) is 17.7. The van der Waals surface area contributed by atoms with Crippen molar-refractivity contribution in [3.05, 3.63) is 5.32 Å². The molecule has 6 heteroatoms. The number of carbonyl (C=O) groups is 1. The van der Waals surface area contributed by atoms with Crippen molar-refractivity contribution in [3.8, 4) is 0 Å². The van der Waals surface area contributed by atoms with E-state index in [-0.39, 0.29) is 24.5 Å². The van der Waals surface area contributed by atoms with E-state index in [9.17, 15) is 4.79 Å². The third kappa shape index (κ3) is 11.5. The molecular weight excluding hydrogens is 339 g/mol. The minimum atomic E-state index is 0. The van der Waals surface area contributed by atoms with Crippen molar-refractivity contribution in [1.82, 2.24) is 14.7 Å². The van der Waals surface area contributed by atoms with Gasteiger partial charge in [-0.25, -0.2) is 0 Å². The average Bonchev–Trinajstić information content (AvgIpc) is 2.56. The molecule has 1 amide bonds. The Kier molecular flexibility index (Phi) is 17.9. The molecule has 1 fully saturated rings. The molecule has 1 aliphatic heterocycles. The van der Waals surface area contributed by atoms with Gasteiger partial charge < -0.3 is 15.1 Å². The van der Waals surface area contributed by atoms with Crippen LogP contribution < -0.4 is 0 Å². The minimum absolute atomic E-state index is 0. The van der Waals surface area contributed by atoms with Crippen LogP contribution in [-0.4, -0.2) is 86.6 Å². The van der Waals surface area contributed by atoms with E-state index in [2.05, 4.69) is 29.0 Å². The summed E-state index contributed by atoms with van der Waals surface area (Å²) in [5.41, 5.74) is 0.